The standard InChI is InChI=1S/C30H23Cl3F5N3O6/c1-28(2,3)47-27(46)41(26(44)45)23-18(34)9-10-19(22(23)35)40-24(42)16-12-15(7-8-17(16)31)39-25(43)21-20(29(21,32)33)13-5-4-6-14(11-13)30(36,37)38/h4-12,20-21H,1-3H3,(H,39,43)(H,40,42)(H,44,45)/t20-,21+/m0/s1. The third-order valence-electron chi connectivity index (χ3n) is 6.69. The fraction of sp³-hybridized carbons (Fsp3) is 0.267. The summed E-state index contributed by atoms with van der Waals surface area (Å²) in [7, 11) is 0. The van der Waals surface area contributed by atoms with Gasteiger partial charge in [0.2, 0.25) is 5.91 Å². The van der Waals surface area contributed by atoms with Crippen LogP contribution >= 0.6 is 34.8 Å². The van der Waals surface area contributed by atoms with Gasteiger partial charge in [-0.3, -0.25) is 9.59 Å². The average molecular weight is 723 g/mol. The van der Waals surface area contributed by atoms with Crippen LogP contribution in [0.2, 0.25) is 5.02 Å². The quantitative estimate of drug-likeness (QED) is 0.173. The maximum atomic E-state index is 15.5. The SMILES string of the molecule is CC(C)(C)OC(=O)N(C(=O)O)c1c(F)ccc(NC(=O)c2cc(NC(=O)[C@H]3[C@H](c4cccc(C(F)(F)F)c4)C3(Cl)Cl)ccc2Cl)c1F. The number of nitrogens with one attached hydrogen (secondary N) is 2. The Labute approximate surface area is 278 Å². The Morgan fingerprint density at radius 2 is 1.62 bits per heavy atom. The van der Waals surface area contributed by atoms with Crippen molar-refractivity contribution < 1.29 is 51.0 Å². The molecule has 0 spiro atoms. The highest BCUT2D eigenvalue weighted by Crippen LogP contribution is 2.65. The van der Waals surface area contributed by atoms with Crippen molar-refractivity contribution in [1.82, 2.24) is 0 Å². The van der Waals surface area contributed by atoms with Gasteiger partial charge in [0, 0.05) is 11.6 Å². The number of hydrogen-bond acceptors (Lipinski definition) is 5. The molecule has 3 aromatic rings. The highest BCUT2D eigenvalue weighted by molar-refractivity contribution is 6.53. The Morgan fingerprint density at radius 1 is 0.957 bits per heavy atom. The number of rotatable bonds is 6. The lowest BCUT2D eigenvalue weighted by Gasteiger charge is -2.25. The summed E-state index contributed by atoms with van der Waals surface area (Å²) in [5.41, 5.74) is -4.58. The minimum atomic E-state index is -4.64. The van der Waals surface area contributed by atoms with E-state index in [-0.39, 0.29) is 26.7 Å². The maximum absolute atomic E-state index is 15.5. The van der Waals surface area contributed by atoms with Gasteiger partial charge >= 0.3 is 18.4 Å². The van der Waals surface area contributed by atoms with E-state index in [0.717, 1.165) is 30.3 Å². The molecule has 0 heterocycles. The second kappa shape index (κ2) is 12.8. The average Bonchev–Trinajstić information content (AvgIpc) is 3.53. The summed E-state index contributed by atoms with van der Waals surface area (Å²) in [6.45, 7) is 4.20. The van der Waals surface area contributed by atoms with E-state index in [4.69, 9.17) is 39.5 Å². The highest BCUT2D eigenvalue weighted by Gasteiger charge is 2.67. The summed E-state index contributed by atoms with van der Waals surface area (Å²) in [5, 5.41) is 13.9. The molecular weight excluding hydrogens is 700 g/mol. The van der Waals surface area contributed by atoms with Gasteiger partial charge in [-0.15, -0.1) is 23.2 Å². The second-order valence-electron chi connectivity index (χ2n) is 11.2. The minimum Gasteiger partial charge on any atom is -0.464 e. The molecule has 0 saturated heterocycles. The maximum Gasteiger partial charge on any atom is 0.424 e. The molecule has 1 aliphatic carbocycles. The van der Waals surface area contributed by atoms with Gasteiger partial charge in [0.1, 0.15) is 15.6 Å². The molecule has 3 N–H and O–H groups in total. The summed E-state index contributed by atoms with van der Waals surface area (Å²) in [6.07, 6.45) is -8.33. The molecule has 47 heavy (non-hydrogen) atoms. The Kier molecular flexibility index (Phi) is 9.73. The Hall–Kier alpha value is -4.14. The smallest absolute Gasteiger partial charge is 0.424 e. The molecule has 250 valence electrons. The number of hydrogen-bond donors (Lipinski definition) is 3. The lowest BCUT2D eigenvalue weighted by atomic mass is 10.1. The first kappa shape index (κ1) is 35.7. The molecule has 0 aromatic heterocycles. The van der Waals surface area contributed by atoms with Gasteiger partial charge in [0.05, 0.1) is 27.8 Å². The van der Waals surface area contributed by atoms with Crippen LogP contribution in [-0.2, 0) is 15.7 Å². The van der Waals surface area contributed by atoms with Crippen molar-refractivity contribution in [1.29, 1.82) is 0 Å². The van der Waals surface area contributed by atoms with Crippen molar-refractivity contribution in [3.63, 3.8) is 0 Å². The van der Waals surface area contributed by atoms with Gasteiger partial charge < -0.3 is 20.5 Å². The zero-order valence-corrected chi connectivity index (χ0v) is 26.6. The number of imide groups is 1. The zero-order chi connectivity index (χ0) is 35.2. The van der Waals surface area contributed by atoms with Crippen LogP contribution in [0.5, 0.6) is 0 Å². The summed E-state index contributed by atoms with van der Waals surface area (Å²) >= 11 is 18.7. The zero-order valence-electron chi connectivity index (χ0n) is 24.3. The molecule has 2 atom stereocenters. The van der Waals surface area contributed by atoms with Gasteiger partial charge in [-0.2, -0.15) is 18.1 Å². The van der Waals surface area contributed by atoms with Crippen LogP contribution in [-0.4, -0.2) is 39.0 Å². The molecule has 1 fully saturated rings. The third kappa shape index (κ3) is 7.71. The number of halogens is 8. The van der Waals surface area contributed by atoms with E-state index >= 15 is 4.39 Å². The lowest BCUT2D eigenvalue weighted by Crippen LogP contribution is -2.41. The van der Waals surface area contributed by atoms with Crippen molar-refractivity contribution in [3.05, 3.63) is 87.9 Å². The van der Waals surface area contributed by atoms with Crippen LogP contribution in [0.25, 0.3) is 0 Å². The van der Waals surface area contributed by atoms with Gasteiger partial charge in [-0.25, -0.2) is 18.4 Å². The first-order valence-electron chi connectivity index (χ1n) is 13.3. The first-order chi connectivity index (χ1) is 21.6. The van der Waals surface area contributed by atoms with Gasteiger partial charge in [-0.05, 0) is 62.7 Å². The summed E-state index contributed by atoms with van der Waals surface area (Å²) in [5.74, 6) is -7.17. The third-order valence-corrected chi connectivity index (χ3v) is 7.96. The number of anilines is 3. The number of carboxylic acid groups (broad SMARTS) is 1. The molecular formula is C30H23Cl3F5N3O6. The molecule has 4 amide bonds. The Morgan fingerprint density at radius 3 is 2.21 bits per heavy atom. The number of benzene rings is 3. The van der Waals surface area contributed by atoms with E-state index in [1.54, 1.807) is 0 Å². The van der Waals surface area contributed by atoms with E-state index in [0.29, 0.717) is 6.07 Å². The largest absolute Gasteiger partial charge is 0.464 e. The van der Waals surface area contributed by atoms with Crippen LogP contribution in [0.1, 0.15) is 48.2 Å². The van der Waals surface area contributed by atoms with Gasteiger partial charge in [0.25, 0.3) is 5.91 Å². The number of carbonyl (C=O) groups is 4. The predicted octanol–water partition coefficient (Wildman–Crippen LogP) is 8.83. The highest BCUT2D eigenvalue weighted by atomic mass is 35.5. The number of carbonyl (C=O) groups excluding carboxylic acids is 3. The molecule has 3 aromatic carbocycles. The number of nitrogens with zero attached hydrogens (tertiary/aromatic N) is 1. The molecule has 0 aliphatic heterocycles. The molecule has 1 aliphatic rings. The summed E-state index contributed by atoms with van der Waals surface area (Å²) in [4.78, 5) is 50.2. The van der Waals surface area contributed by atoms with Crippen molar-refractivity contribution in [2.24, 2.45) is 5.92 Å². The second-order valence-corrected chi connectivity index (χ2v) is 13.1. The molecule has 4 rings (SSSR count). The fourth-order valence-corrected chi connectivity index (χ4v) is 5.61. The molecule has 0 radical (unpaired) electrons. The Bertz CT molecular complexity index is 1780. The number of alkyl halides is 5. The molecule has 0 bridgehead atoms. The number of ether oxygens (including phenoxy) is 1. The van der Waals surface area contributed by atoms with E-state index < -0.39 is 80.5 Å². The van der Waals surface area contributed by atoms with E-state index in [1.165, 1.54) is 39.0 Å². The van der Waals surface area contributed by atoms with Crippen LogP contribution in [0.4, 0.5) is 48.6 Å². The predicted molar refractivity (Wildman–Crippen MR) is 163 cm³/mol. The minimum absolute atomic E-state index is 0.0365. The fourth-order valence-electron chi connectivity index (χ4n) is 4.58. The van der Waals surface area contributed by atoms with E-state index in [1.807, 2.05) is 0 Å². The van der Waals surface area contributed by atoms with E-state index in [2.05, 4.69) is 10.6 Å². The molecule has 1 saturated carbocycles. The monoisotopic (exact) mass is 721 g/mol. The molecule has 17 heteroatoms. The van der Waals surface area contributed by atoms with E-state index in [9.17, 15) is 41.8 Å². The first-order valence-corrected chi connectivity index (χ1v) is 14.5. The van der Waals surface area contributed by atoms with Gasteiger partial charge in [-0.1, -0.05) is 29.8 Å². The van der Waals surface area contributed by atoms with Crippen molar-refractivity contribution in [2.75, 3.05) is 15.5 Å². The normalized spacial score (nSPS) is 17.0. The van der Waals surface area contributed by atoms with Crippen LogP contribution in [0.15, 0.2) is 54.6 Å². The molecule has 0 unspecified atom stereocenters. The van der Waals surface area contributed by atoms with Gasteiger partial charge in [0.15, 0.2) is 11.6 Å². The van der Waals surface area contributed by atoms with Crippen LogP contribution < -0.4 is 15.5 Å². The molecule has 9 nitrogen and oxygen atoms in total. The van der Waals surface area contributed by atoms with Crippen molar-refractivity contribution in [3.8, 4) is 0 Å². The summed E-state index contributed by atoms with van der Waals surface area (Å²) in [6, 6.07) is 9.12. The van der Waals surface area contributed by atoms with Crippen molar-refractivity contribution in [2.45, 2.75) is 42.8 Å². The van der Waals surface area contributed by atoms with Crippen LogP contribution in [0.3, 0.4) is 0 Å². The lowest BCUT2D eigenvalue weighted by molar-refractivity contribution is -0.137. The topological polar surface area (TPSA) is 125 Å². The summed E-state index contributed by atoms with van der Waals surface area (Å²) < 4.78 is 72.9. The van der Waals surface area contributed by atoms with Crippen LogP contribution in [0, 0.1) is 17.6 Å². The number of amides is 4. The van der Waals surface area contributed by atoms with Crippen molar-refractivity contribution >= 4 is 75.9 Å². The Balaban J connectivity index is 1.56.